The van der Waals surface area contributed by atoms with E-state index in [1.165, 1.54) is 5.56 Å². The zero-order chi connectivity index (χ0) is 13.6. The molecule has 0 heterocycles. The number of rotatable bonds is 6. The van der Waals surface area contributed by atoms with Crippen molar-refractivity contribution in [2.45, 2.75) is 40.0 Å². The van der Waals surface area contributed by atoms with E-state index in [2.05, 4.69) is 52.4 Å². The molecule has 0 saturated carbocycles. The minimum Gasteiger partial charge on any atom is -0.384 e. The predicted molar refractivity (Wildman–Crippen MR) is 80.6 cm³/mol. The van der Waals surface area contributed by atoms with E-state index in [-0.39, 0.29) is 5.41 Å². The molecule has 18 heavy (non-hydrogen) atoms. The lowest BCUT2D eigenvalue weighted by Crippen LogP contribution is -2.09. The number of halogens is 1. The van der Waals surface area contributed by atoms with Gasteiger partial charge in [-0.05, 0) is 61.2 Å². The molecule has 0 amide bonds. The van der Waals surface area contributed by atoms with E-state index in [9.17, 15) is 0 Å². The summed E-state index contributed by atoms with van der Waals surface area (Å²) >= 11 is 3.59. The maximum Gasteiger partial charge on any atom is 0.0683 e. The van der Waals surface area contributed by atoms with Crippen LogP contribution in [0.4, 0.5) is 5.69 Å². The molecule has 0 saturated heterocycles. The summed E-state index contributed by atoms with van der Waals surface area (Å²) in [5.41, 5.74) is 2.20. The largest absolute Gasteiger partial charge is 0.384 e. The fourth-order valence-electron chi connectivity index (χ4n) is 1.75. The van der Waals surface area contributed by atoms with Gasteiger partial charge in [0.1, 0.15) is 0 Å². The summed E-state index contributed by atoms with van der Waals surface area (Å²) < 4.78 is 1.14. The molecule has 1 N–H and O–H groups in total. The fourth-order valence-corrected chi connectivity index (χ4v) is 2.16. The van der Waals surface area contributed by atoms with Crippen LogP contribution in [0, 0.1) is 23.7 Å². The van der Waals surface area contributed by atoms with Crippen LogP contribution < -0.4 is 5.32 Å². The lowest BCUT2D eigenvalue weighted by Gasteiger charge is -2.15. The van der Waals surface area contributed by atoms with E-state index in [1.54, 1.807) is 0 Å². The summed E-state index contributed by atoms with van der Waals surface area (Å²) in [6, 6.07) is 8.56. The Balaban J connectivity index is 2.31. The van der Waals surface area contributed by atoms with Crippen molar-refractivity contribution in [1.29, 1.82) is 5.26 Å². The van der Waals surface area contributed by atoms with Crippen LogP contribution in [0.15, 0.2) is 22.7 Å². The van der Waals surface area contributed by atoms with Gasteiger partial charge in [-0.3, -0.25) is 0 Å². The van der Waals surface area contributed by atoms with Crippen molar-refractivity contribution in [2.24, 2.45) is 5.41 Å². The average molecular weight is 309 g/mol. The number of aryl methyl sites for hydroxylation is 1. The molecular formula is C15H21BrN2. The average Bonchev–Trinajstić information content (AvgIpc) is 2.34. The summed E-state index contributed by atoms with van der Waals surface area (Å²) in [6.07, 6.45) is 3.13. The highest BCUT2D eigenvalue weighted by Gasteiger charge is 2.15. The van der Waals surface area contributed by atoms with E-state index >= 15 is 0 Å². The third-order valence-corrected chi connectivity index (χ3v) is 4.09. The van der Waals surface area contributed by atoms with Crippen LogP contribution in [-0.2, 0) is 0 Å². The van der Waals surface area contributed by atoms with E-state index in [0.29, 0.717) is 0 Å². The Morgan fingerprint density at radius 2 is 2.06 bits per heavy atom. The highest BCUT2D eigenvalue weighted by Crippen LogP contribution is 2.26. The Labute approximate surface area is 119 Å². The third-order valence-electron chi connectivity index (χ3n) is 3.04. The Hall–Kier alpha value is -1.01. The molecule has 1 rings (SSSR count). The van der Waals surface area contributed by atoms with Crippen molar-refractivity contribution in [1.82, 2.24) is 0 Å². The predicted octanol–water partition coefficient (Wildman–Crippen LogP) is 4.89. The molecule has 0 fully saturated rings. The van der Waals surface area contributed by atoms with Crippen LogP contribution in [0.2, 0.25) is 0 Å². The van der Waals surface area contributed by atoms with Gasteiger partial charge in [-0.1, -0.05) is 18.6 Å². The van der Waals surface area contributed by atoms with Crippen molar-refractivity contribution in [3.05, 3.63) is 28.2 Å². The second kappa shape index (κ2) is 6.80. The molecule has 0 aliphatic carbocycles. The number of nitrogens with zero attached hydrogens (tertiary/aromatic N) is 1. The molecule has 0 aromatic heterocycles. The molecule has 0 atom stereocenters. The maximum atomic E-state index is 8.92. The highest BCUT2D eigenvalue weighted by atomic mass is 79.9. The fraction of sp³-hybridized carbons (Fsp3) is 0.533. The number of hydrogen-bond acceptors (Lipinski definition) is 2. The van der Waals surface area contributed by atoms with Gasteiger partial charge in [-0.15, -0.1) is 0 Å². The van der Waals surface area contributed by atoms with Gasteiger partial charge in [0.05, 0.1) is 11.5 Å². The normalized spacial score (nSPS) is 11.1. The zero-order valence-corrected chi connectivity index (χ0v) is 13.0. The molecule has 98 valence electrons. The Morgan fingerprint density at radius 3 is 2.72 bits per heavy atom. The Kier molecular flexibility index (Phi) is 5.68. The lowest BCUT2D eigenvalue weighted by atomic mass is 9.89. The van der Waals surface area contributed by atoms with E-state index < -0.39 is 0 Å². The van der Waals surface area contributed by atoms with Crippen LogP contribution in [0.25, 0.3) is 0 Å². The molecule has 0 spiro atoms. The molecule has 0 unspecified atom stereocenters. The topological polar surface area (TPSA) is 35.8 Å². The molecule has 1 aromatic carbocycles. The van der Waals surface area contributed by atoms with Crippen molar-refractivity contribution in [3.63, 3.8) is 0 Å². The molecule has 3 heteroatoms. The monoisotopic (exact) mass is 308 g/mol. The van der Waals surface area contributed by atoms with Gasteiger partial charge in [0.15, 0.2) is 0 Å². The molecule has 0 radical (unpaired) electrons. The molecular weight excluding hydrogens is 288 g/mol. The lowest BCUT2D eigenvalue weighted by molar-refractivity contribution is 0.430. The van der Waals surface area contributed by atoms with Crippen molar-refractivity contribution >= 4 is 21.6 Å². The van der Waals surface area contributed by atoms with Crippen molar-refractivity contribution in [3.8, 4) is 6.07 Å². The van der Waals surface area contributed by atoms with Crippen LogP contribution in [0.3, 0.4) is 0 Å². The molecule has 2 nitrogen and oxygen atoms in total. The Bertz CT molecular complexity index is 433. The maximum absolute atomic E-state index is 8.92. The van der Waals surface area contributed by atoms with Crippen LogP contribution in [0.5, 0.6) is 0 Å². The quantitative estimate of drug-likeness (QED) is 0.759. The first-order chi connectivity index (χ1) is 8.46. The second-order valence-electron chi connectivity index (χ2n) is 5.32. The minimum atomic E-state index is -0.191. The van der Waals surface area contributed by atoms with Gasteiger partial charge in [0.25, 0.3) is 0 Å². The van der Waals surface area contributed by atoms with E-state index in [4.69, 9.17) is 5.26 Å². The number of unbranched alkanes of at least 4 members (excludes halogenated alkanes) is 1. The molecule has 0 bridgehead atoms. The first kappa shape index (κ1) is 15.0. The molecule has 1 aromatic rings. The van der Waals surface area contributed by atoms with E-state index in [0.717, 1.165) is 36.0 Å². The smallest absolute Gasteiger partial charge is 0.0683 e. The van der Waals surface area contributed by atoms with Gasteiger partial charge >= 0.3 is 0 Å². The molecule has 0 aliphatic rings. The molecule has 0 aliphatic heterocycles. The van der Waals surface area contributed by atoms with Gasteiger partial charge in [-0.2, -0.15) is 5.26 Å². The number of nitriles is 1. The summed E-state index contributed by atoms with van der Waals surface area (Å²) in [7, 11) is 0. The first-order valence-electron chi connectivity index (χ1n) is 6.36. The summed E-state index contributed by atoms with van der Waals surface area (Å²) in [4.78, 5) is 0. The summed E-state index contributed by atoms with van der Waals surface area (Å²) in [6.45, 7) is 7.03. The van der Waals surface area contributed by atoms with Crippen LogP contribution >= 0.6 is 15.9 Å². The zero-order valence-electron chi connectivity index (χ0n) is 11.4. The summed E-state index contributed by atoms with van der Waals surface area (Å²) in [5, 5.41) is 12.4. The van der Waals surface area contributed by atoms with Crippen molar-refractivity contribution in [2.75, 3.05) is 11.9 Å². The van der Waals surface area contributed by atoms with Gasteiger partial charge in [-0.25, -0.2) is 0 Å². The summed E-state index contributed by atoms with van der Waals surface area (Å²) in [5.74, 6) is 0. The Morgan fingerprint density at radius 1 is 1.33 bits per heavy atom. The minimum absolute atomic E-state index is 0.191. The third kappa shape index (κ3) is 4.70. The first-order valence-corrected chi connectivity index (χ1v) is 7.16. The van der Waals surface area contributed by atoms with Crippen LogP contribution in [0.1, 0.15) is 38.7 Å². The second-order valence-corrected chi connectivity index (χ2v) is 6.11. The van der Waals surface area contributed by atoms with E-state index in [1.807, 2.05) is 13.8 Å². The highest BCUT2D eigenvalue weighted by molar-refractivity contribution is 9.10. The van der Waals surface area contributed by atoms with Crippen LogP contribution in [-0.4, -0.2) is 6.54 Å². The van der Waals surface area contributed by atoms with Gasteiger partial charge < -0.3 is 5.32 Å². The van der Waals surface area contributed by atoms with Gasteiger partial charge in [0.2, 0.25) is 0 Å². The van der Waals surface area contributed by atoms with Gasteiger partial charge in [0, 0.05) is 16.7 Å². The standard InChI is InChI=1S/C15H21BrN2/c1-12-7-6-8-13(14(12)16)18-10-5-4-9-15(2,3)11-17/h6-8,18H,4-5,9-10H2,1-3H3. The number of nitrogens with one attached hydrogen (secondary N) is 1. The SMILES string of the molecule is Cc1cccc(NCCCCC(C)(C)C#N)c1Br. The number of benzene rings is 1. The van der Waals surface area contributed by atoms with Crippen molar-refractivity contribution < 1.29 is 0 Å². The number of anilines is 1. The number of hydrogen-bond donors (Lipinski definition) is 1.